The quantitative estimate of drug-likeness (QED) is 0.361. The summed E-state index contributed by atoms with van der Waals surface area (Å²) in [5, 5.41) is 2.72. The third-order valence-corrected chi connectivity index (χ3v) is 3.14. The number of esters is 1. The van der Waals surface area contributed by atoms with Crippen molar-refractivity contribution in [2.45, 2.75) is 71.6 Å². The third-order valence-electron chi connectivity index (χ3n) is 2.15. The number of hydrogen-bond acceptors (Lipinski definition) is 6. The van der Waals surface area contributed by atoms with Crippen LogP contribution in [0.25, 0.3) is 0 Å². The number of amides is 1. The maximum atomic E-state index is 11.8. The molecule has 1 amide bonds. The van der Waals surface area contributed by atoms with Crippen LogP contribution in [0, 0.1) is 0 Å². The Hall–Kier alpha value is -0.220. The molecule has 8 heteroatoms. The highest BCUT2D eigenvalue weighted by atomic mass is 127. The van der Waals surface area contributed by atoms with E-state index in [1.165, 1.54) is 9.21 Å². The Balaban J connectivity index is 4.39. The molecule has 0 heterocycles. The Labute approximate surface area is 149 Å². The van der Waals surface area contributed by atoms with E-state index in [4.69, 9.17) is 13.7 Å². The average Bonchev–Trinajstić information content (AvgIpc) is 2.28. The summed E-state index contributed by atoms with van der Waals surface area (Å²) in [7, 11) is 1.18. The Morgan fingerprint density at radius 3 is 2.09 bits per heavy atom. The summed E-state index contributed by atoms with van der Waals surface area (Å²) in [5.74, 6) is -0.300. The molecule has 1 N–H and O–H groups in total. The van der Waals surface area contributed by atoms with Crippen LogP contribution in [0.15, 0.2) is 0 Å². The van der Waals surface area contributed by atoms with E-state index in [9.17, 15) is 9.59 Å². The first-order valence-electron chi connectivity index (χ1n) is 7.04. The Bertz CT molecular complexity index is 365. The number of rotatable bonds is 7. The smallest absolute Gasteiger partial charge is 0.407 e. The first-order valence-corrected chi connectivity index (χ1v) is 10.3. The SMILES string of the molecule is CC(C)(C)OC(=O)CCC(COSI)NC(=O)OC(C)(C)C. The maximum Gasteiger partial charge on any atom is 0.407 e. The van der Waals surface area contributed by atoms with Crippen LogP contribution >= 0.6 is 30.4 Å². The Morgan fingerprint density at radius 1 is 1.09 bits per heavy atom. The zero-order chi connectivity index (χ0) is 17.4. The van der Waals surface area contributed by atoms with E-state index < -0.39 is 17.3 Å². The van der Waals surface area contributed by atoms with Gasteiger partial charge in [-0.25, -0.2) is 4.79 Å². The van der Waals surface area contributed by atoms with Gasteiger partial charge in [-0.1, -0.05) is 0 Å². The lowest BCUT2D eigenvalue weighted by Gasteiger charge is -2.24. The molecule has 0 saturated carbocycles. The second kappa shape index (κ2) is 9.82. The summed E-state index contributed by atoms with van der Waals surface area (Å²) < 4.78 is 15.7. The lowest BCUT2D eigenvalue weighted by Crippen LogP contribution is -2.41. The minimum absolute atomic E-state index is 0.201. The van der Waals surface area contributed by atoms with Gasteiger partial charge in [0.25, 0.3) is 0 Å². The highest BCUT2D eigenvalue weighted by Crippen LogP contribution is 2.15. The van der Waals surface area contributed by atoms with Crippen LogP contribution in [0.4, 0.5) is 4.79 Å². The molecule has 0 aliphatic carbocycles. The molecule has 0 aromatic heterocycles. The Kier molecular flexibility index (Phi) is 9.72. The normalized spacial score (nSPS) is 13.4. The number of carbonyl (C=O) groups is 2. The molecule has 0 spiro atoms. The van der Waals surface area contributed by atoms with Crippen LogP contribution < -0.4 is 5.32 Å². The largest absolute Gasteiger partial charge is 0.460 e. The van der Waals surface area contributed by atoms with Crippen molar-refractivity contribution in [2.24, 2.45) is 0 Å². The molecule has 0 aliphatic rings. The maximum absolute atomic E-state index is 11.8. The number of alkyl carbamates (subject to hydrolysis) is 1. The van der Waals surface area contributed by atoms with Crippen LogP contribution in [-0.4, -0.2) is 35.9 Å². The molecule has 0 aromatic carbocycles. The average molecular weight is 447 g/mol. The van der Waals surface area contributed by atoms with Crippen LogP contribution in [-0.2, 0) is 18.5 Å². The van der Waals surface area contributed by atoms with Gasteiger partial charge in [0.05, 0.1) is 21.9 Å². The van der Waals surface area contributed by atoms with Crippen molar-refractivity contribution in [1.29, 1.82) is 0 Å². The molecule has 0 aliphatic heterocycles. The zero-order valence-corrected chi connectivity index (χ0v) is 17.0. The van der Waals surface area contributed by atoms with Crippen LogP contribution in [0.1, 0.15) is 54.4 Å². The monoisotopic (exact) mass is 447 g/mol. The van der Waals surface area contributed by atoms with Crippen molar-refractivity contribution in [3.63, 3.8) is 0 Å². The lowest BCUT2D eigenvalue weighted by molar-refractivity contribution is -0.155. The van der Waals surface area contributed by atoms with E-state index in [1.807, 2.05) is 42.0 Å². The number of ether oxygens (including phenoxy) is 2. The molecule has 6 nitrogen and oxygen atoms in total. The summed E-state index contributed by atoms with van der Waals surface area (Å²) in [4.78, 5) is 23.5. The predicted molar refractivity (Wildman–Crippen MR) is 95.8 cm³/mol. The highest BCUT2D eigenvalue weighted by Gasteiger charge is 2.22. The van der Waals surface area contributed by atoms with Gasteiger partial charge in [0, 0.05) is 27.6 Å². The van der Waals surface area contributed by atoms with Crippen molar-refractivity contribution in [2.75, 3.05) is 6.61 Å². The van der Waals surface area contributed by atoms with Crippen molar-refractivity contribution in [1.82, 2.24) is 5.32 Å². The summed E-state index contributed by atoms with van der Waals surface area (Å²) >= 11 is 2.00. The van der Waals surface area contributed by atoms with E-state index >= 15 is 0 Å². The molecule has 0 saturated heterocycles. The van der Waals surface area contributed by atoms with E-state index in [0.29, 0.717) is 6.42 Å². The van der Waals surface area contributed by atoms with Gasteiger partial charge in [-0.05, 0) is 48.0 Å². The second-order valence-electron chi connectivity index (χ2n) is 6.82. The van der Waals surface area contributed by atoms with Gasteiger partial charge in [0.1, 0.15) is 11.2 Å². The molecular weight excluding hydrogens is 421 g/mol. The standard InChI is InChI=1S/C14H26INO5S/c1-13(2,3)20-11(17)8-7-10(9-19-22-15)16-12(18)21-14(4,5)6/h10H,7-9H2,1-6H3,(H,16,18). The van der Waals surface area contributed by atoms with Gasteiger partial charge in [-0.15, -0.1) is 0 Å². The topological polar surface area (TPSA) is 73.9 Å². The lowest BCUT2D eigenvalue weighted by atomic mass is 10.1. The van der Waals surface area contributed by atoms with Crippen LogP contribution in [0.3, 0.4) is 0 Å². The summed E-state index contributed by atoms with van der Waals surface area (Å²) in [6, 6.07) is -0.315. The number of carbonyl (C=O) groups excluding carboxylic acids is 2. The van der Waals surface area contributed by atoms with E-state index in [0.717, 1.165) is 0 Å². The predicted octanol–water partition coefficient (Wildman–Crippen LogP) is 4.02. The Morgan fingerprint density at radius 2 is 1.64 bits per heavy atom. The number of hydrogen-bond donors (Lipinski definition) is 1. The number of halogens is 1. The fourth-order valence-electron chi connectivity index (χ4n) is 1.46. The van der Waals surface area contributed by atoms with Gasteiger partial charge in [0.15, 0.2) is 0 Å². The molecular formula is C14H26INO5S. The molecule has 0 fully saturated rings. The summed E-state index contributed by atoms with van der Waals surface area (Å²) in [6.07, 6.45) is 0.0991. The molecule has 22 heavy (non-hydrogen) atoms. The molecule has 0 radical (unpaired) electrons. The minimum atomic E-state index is -0.571. The first kappa shape index (κ1) is 21.8. The minimum Gasteiger partial charge on any atom is -0.460 e. The fourth-order valence-corrected chi connectivity index (χ4v) is 2.12. The molecule has 0 rings (SSSR count). The van der Waals surface area contributed by atoms with Gasteiger partial charge in [-0.3, -0.25) is 4.79 Å². The first-order chi connectivity index (χ1) is 9.93. The van der Waals surface area contributed by atoms with Gasteiger partial charge in [-0.2, -0.15) is 0 Å². The van der Waals surface area contributed by atoms with Crippen molar-refractivity contribution < 1.29 is 23.2 Å². The third kappa shape index (κ3) is 13.4. The van der Waals surface area contributed by atoms with E-state index in [1.54, 1.807) is 20.8 Å². The molecule has 1 unspecified atom stereocenters. The number of nitrogens with one attached hydrogen (secondary N) is 1. The van der Waals surface area contributed by atoms with E-state index in [2.05, 4.69) is 5.32 Å². The van der Waals surface area contributed by atoms with Crippen molar-refractivity contribution in [3.05, 3.63) is 0 Å². The highest BCUT2D eigenvalue weighted by molar-refractivity contribution is 14.2. The van der Waals surface area contributed by atoms with E-state index in [-0.39, 0.29) is 25.0 Å². The molecule has 130 valence electrons. The van der Waals surface area contributed by atoms with Crippen molar-refractivity contribution in [3.8, 4) is 0 Å². The second-order valence-corrected chi connectivity index (χ2v) is 8.26. The van der Waals surface area contributed by atoms with Gasteiger partial charge >= 0.3 is 12.1 Å². The fraction of sp³-hybridized carbons (Fsp3) is 0.857. The summed E-state index contributed by atoms with van der Waals surface area (Å²) in [6.45, 7) is 11.1. The van der Waals surface area contributed by atoms with Crippen LogP contribution in [0.2, 0.25) is 0 Å². The van der Waals surface area contributed by atoms with Gasteiger partial charge < -0.3 is 19.0 Å². The molecule has 1 atom stereocenters. The van der Waals surface area contributed by atoms with Crippen LogP contribution in [0.5, 0.6) is 0 Å². The van der Waals surface area contributed by atoms with Gasteiger partial charge in [0.2, 0.25) is 0 Å². The summed E-state index contributed by atoms with van der Waals surface area (Å²) in [5.41, 5.74) is -1.08. The molecule has 0 aromatic rings. The zero-order valence-electron chi connectivity index (χ0n) is 14.0. The molecule has 0 bridgehead atoms. The van der Waals surface area contributed by atoms with Crippen molar-refractivity contribution >= 4 is 42.5 Å².